The second-order valence-corrected chi connectivity index (χ2v) is 5.15. The summed E-state index contributed by atoms with van der Waals surface area (Å²) in [7, 11) is 0. The van der Waals surface area contributed by atoms with E-state index in [0.717, 1.165) is 19.0 Å². The zero-order valence-corrected chi connectivity index (χ0v) is 10.2. The van der Waals surface area contributed by atoms with E-state index < -0.39 is 0 Å². The number of aryl methyl sites for hydroxylation is 1. The van der Waals surface area contributed by atoms with E-state index in [9.17, 15) is 0 Å². The maximum absolute atomic E-state index is 3.53. The Morgan fingerprint density at radius 3 is 3.13 bits per heavy atom. The molecule has 2 nitrogen and oxygen atoms in total. The predicted molar refractivity (Wildman–Crippen MR) is 66.4 cm³/mol. The van der Waals surface area contributed by atoms with Crippen molar-refractivity contribution in [3.05, 3.63) is 21.9 Å². The normalized spacial score (nSPS) is 21.0. The fraction of sp³-hybridized carbons (Fsp3) is 0.667. The van der Waals surface area contributed by atoms with Crippen LogP contribution in [0.4, 0.5) is 0 Å². The van der Waals surface area contributed by atoms with Crippen molar-refractivity contribution in [3.8, 4) is 0 Å². The van der Waals surface area contributed by atoms with Crippen LogP contribution in [0.25, 0.3) is 0 Å². The molecule has 1 aromatic heterocycles. The van der Waals surface area contributed by atoms with Gasteiger partial charge in [-0.3, -0.25) is 0 Å². The van der Waals surface area contributed by atoms with E-state index >= 15 is 0 Å². The minimum atomic E-state index is 0.904. The Bertz CT molecular complexity index is 290. The van der Waals surface area contributed by atoms with E-state index in [1.807, 2.05) is 0 Å². The van der Waals surface area contributed by atoms with Gasteiger partial charge in [0.05, 0.1) is 0 Å². The molecule has 3 heteroatoms. The Kier molecular flexibility index (Phi) is 4.18. The molecule has 1 saturated heterocycles. The first-order chi connectivity index (χ1) is 7.36. The van der Waals surface area contributed by atoms with Gasteiger partial charge in [0.15, 0.2) is 0 Å². The first-order valence-corrected chi connectivity index (χ1v) is 6.73. The lowest BCUT2D eigenvalue weighted by Crippen LogP contribution is -2.19. The highest BCUT2D eigenvalue weighted by Gasteiger charge is 2.13. The SMILES string of the molecule is Cc1cscc1CNCCC1CCNC1. The predicted octanol–water partition coefficient (Wildman–Crippen LogP) is 2.15. The van der Waals surface area contributed by atoms with Gasteiger partial charge in [-0.2, -0.15) is 11.3 Å². The summed E-state index contributed by atoms with van der Waals surface area (Å²) in [6.07, 6.45) is 2.68. The van der Waals surface area contributed by atoms with Crippen LogP contribution in [0.3, 0.4) is 0 Å². The molecule has 2 rings (SSSR count). The molecule has 0 saturated carbocycles. The fourth-order valence-electron chi connectivity index (χ4n) is 2.06. The standard InChI is InChI=1S/C12H20N2S/c1-10-8-15-9-12(10)7-14-5-3-11-2-4-13-6-11/h8-9,11,13-14H,2-7H2,1H3. The van der Waals surface area contributed by atoms with E-state index in [2.05, 4.69) is 28.3 Å². The number of hydrogen-bond acceptors (Lipinski definition) is 3. The minimum absolute atomic E-state index is 0.904. The summed E-state index contributed by atoms with van der Waals surface area (Å²) in [4.78, 5) is 0. The molecule has 0 amide bonds. The van der Waals surface area contributed by atoms with Crippen LogP contribution in [0.2, 0.25) is 0 Å². The maximum Gasteiger partial charge on any atom is 0.0216 e. The molecule has 0 aliphatic carbocycles. The van der Waals surface area contributed by atoms with Crippen LogP contribution in [0.1, 0.15) is 24.0 Å². The van der Waals surface area contributed by atoms with Crippen LogP contribution < -0.4 is 10.6 Å². The summed E-state index contributed by atoms with van der Waals surface area (Å²) in [6, 6.07) is 0. The average molecular weight is 224 g/mol. The molecule has 84 valence electrons. The topological polar surface area (TPSA) is 24.1 Å². The van der Waals surface area contributed by atoms with Gasteiger partial charge in [-0.1, -0.05) is 0 Å². The van der Waals surface area contributed by atoms with Gasteiger partial charge in [-0.05, 0) is 67.2 Å². The first kappa shape index (κ1) is 11.1. The van der Waals surface area contributed by atoms with Gasteiger partial charge in [0.1, 0.15) is 0 Å². The van der Waals surface area contributed by atoms with Gasteiger partial charge < -0.3 is 10.6 Å². The molecule has 2 N–H and O–H groups in total. The van der Waals surface area contributed by atoms with Gasteiger partial charge in [0.2, 0.25) is 0 Å². The molecule has 2 heterocycles. The molecular formula is C12H20N2S. The van der Waals surface area contributed by atoms with E-state index in [0.29, 0.717) is 0 Å². The van der Waals surface area contributed by atoms with Crippen molar-refractivity contribution in [3.63, 3.8) is 0 Å². The second-order valence-electron chi connectivity index (χ2n) is 4.40. The summed E-state index contributed by atoms with van der Waals surface area (Å²) in [5.41, 5.74) is 2.89. The Morgan fingerprint density at radius 1 is 1.53 bits per heavy atom. The lowest BCUT2D eigenvalue weighted by Gasteiger charge is -2.09. The summed E-state index contributed by atoms with van der Waals surface area (Å²) in [6.45, 7) is 6.82. The largest absolute Gasteiger partial charge is 0.316 e. The van der Waals surface area contributed by atoms with Gasteiger partial charge in [0.25, 0.3) is 0 Å². The molecule has 1 aromatic rings. The third kappa shape index (κ3) is 3.30. The Balaban J connectivity index is 1.60. The van der Waals surface area contributed by atoms with Crippen molar-refractivity contribution in [2.24, 2.45) is 5.92 Å². The van der Waals surface area contributed by atoms with E-state index in [4.69, 9.17) is 0 Å². The van der Waals surface area contributed by atoms with Gasteiger partial charge in [0, 0.05) is 6.54 Å². The summed E-state index contributed by atoms with van der Waals surface area (Å²) in [5.74, 6) is 0.904. The number of hydrogen-bond donors (Lipinski definition) is 2. The minimum Gasteiger partial charge on any atom is -0.316 e. The highest BCUT2D eigenvalue weighted by molar-refractivity contribution is 7.08. The lowest BCUT2D eigenvalue weighted by molar-refractivity contribution is 0.500. The van der Waals surface area contributed by atoms with Crippen molar-refractivity contribution in [1.82, 2.24) is 10.6 Å². The molecule has 1 aliphatic heterocycles. The van der Waals surface area contributed by atoms with Crippen LogP contribution in [-0.4, -0.2) is 19.6 Å². The molecule has 0 bridgehead atoms. The van der Waals surface area contributed by atoms with E-state index in [-0.39, 0.29) is 0 Å². The van der Waals surface area contributed by atoms with Crippen molar-refractivity contribution in [2.45, 2.75) is 26.3 Å². The molecule has 1 fully saturated rings. The number of rotatable bonds is 5. The summed E-state index contributed by atoms with van der Waals surface area (Å²) >= 11 is 1.80. The molecule has 1 aliphatic rings. The smallest absolute Gasteiger partial charge is 0.0216 e. The number of nitrogens with one attached hydrogen (secondary N) is 2. The molecular weight excluding hydrogens is 204 g/mol. The molecule has 15 heavy (non-hydrogen) atoms. The Labute approximate surface area is 96.1 Å². The molecule has 1 unspecified atom stereocenters. The van der Waals surface area contributed by atoms with Crippen molar-refractivity contribution in [2.75, 3.05) is 19.6 Å². The van der Waals surface area contributed by atoms with Crippen LogP contribution >= 0.6 is 11.3 Å². The third-order valence-corrected chi connectivity index (χ3v) is 4.08. The zero-order valence-electron chi connectivity index (χ0n) is 9.38. The molecule has 1 atom stereocenters. The van der Waals surface area contributed by atoms with Crippen molar-refractivity contribution >= 4 is 11.3 Å². The quantitative estimate of drug-likeness (QED) is 0.749. The Hall–Kier alpha value is -0.380. The highest BCUT2D eigenvalue weighted by atomic mass is 32.1. The maximum atomic E-state index is 3.53. The fourth-order valence-corrected chi connectivity index (χ4v) is 2.92. The third-order valence-electron chi connectivity index (χ3n) is 3.17. The van der Waals surface area contributed by atoms with E-state index in [1.54, 1.807) is 11.3 Å². The Morgan fingerprint density at radius 2 is 2.47 bits per heavy atom. The average Bonchev–Trinajstić information content (AvgIpc) is 2.85. The lowest BCUT2D eigenvalue weighted by atomic mass is 10.1. The van der Waals surface area contributed by atoms with Crippen LogP contribution in [-0.2, 0) is 6.54 Å². The molecule has 0 aromatic carbocycles. The van der Waals surface area contributed by atoms with Gasteiger partial charge in [-0.25, -0.2) is 0 Å². The first-order valence-electron chi connectivity index (χ1n) is 5.79. The monoisotopic (exact) mass is 224 g/mol. The van der Waals surface area contributed by atoms with Crippen LogP contribution in [0, 0.1) is 12.8 Å². The molecule has 0 radical (unpaired) electrons. The highest BCUT2D eigenvalue weighted by Crippen LogP contribution is 2.14. The van der Waals surface area contributed by atoms with Crippen LogP contribution in [0.5, 0.6) is 0 Å². The van der Waals surface area contributed by atoms with E-state index in [1.165, 1.54) is 37.1 Å². The van der Waals surface area contributed by atoms with Crippen LogP contribution in [0.15, 0.2) is 10.8 Å². The van der Waals surface area contributed by atoms with Gasteiger partial charge in [-0.15, -0.1) is 0 Å². The van der Waals surface area contributed by atoms with Crippen molar-refractivity contribution < 1.29 is 0 Å². The zero-order chi connectivity index (χ0) is 10.5. The summed E-state index contributed by atoms with van der Waals surface area (Å²) < 4.78 is 0. The van der Waals surface area contributed by atoms with Crippen molar-refractivity contribution in [1.29, 1.82) is 0 Å². The summed E-state index contributed by atoms with van der Waals surface area (Å²) in [5, 5.41) is 11.4. The second kappa shape index (κ2) is 5.64. The van der Waals surface area contributed by atoms with Gasteiger partial charge >= 0.3 is 0 Å². The number of thiophene rings is 1. The molecule has 0 spiro atoms.